The molecule has 0 spiro atoms. The highest BCUT2D eigenvalue weighted by molar-refractivity contribution is 8.13. The molecule has 2 amide bonds. The fraction of sp³-hybridized carbons (Fsp3) is 0.700. The first-order valence-corrected chi connectivity index (χ1v) is 7.35. The van der Waals surface area contributed by atoms with E-state index >= 15 is 0 Å². The van der Waals surface area contributed by atoms with Crippen molar-refractivity contribution in [3.8, 4) is 0 Å². The zero-order valence-electron chi connectivity index (χ0n) is 11.3. The summed E-state index contributed by atoms with van der Waals surface area (Å²) >= 11 is 2.37. The summed E-state index contributed by atoms with van der Waals surface area (Å²) in [6.45, 7) is 3.66. The van der Waals surface area contributed by atoms with Gasteiger partial charge in [-0.2, -0.15) is 0 Å². The third-order valence-electron chi connectivity index (χ3n) is 1.86. The van der Waals surface area contributed by atoms with Crippen molar-refractivity contribution in [3.63, 3.8) is 0 Å². The van der Waals surface area contributed by atoms with Crippen molar-refractivity contribution >= 4 is 40.9 Å². The summed E-state index contributed by atoms with van der Waals surface area (Å²) < 4.78 is 2.61. The molecule has 0 atom stereocenters. The maximum Gasteiger partial charge on any atom is 0.447 e. The summed E-state index contributed by atoms with van der Waals surface area (Å²) in [5.74, 6) is -0.0362. The lowest BCUT2D eigenvalue weighted by atomic mass is 10.3. The Morgan fingerprint density at radius 3 is 2.39 bits per heavy atom. The highest BCUT2D eigenvalue weighted by atomic mass is 32.2. The van der Waals surface area contributed by atoms with Crippen LogP contribution in [0.15, 0.2) is 5.16 Å². The van der Waals surface area contributed by atoms with E-state index in [2.05, 4.69) is 5.16 Å². The smallest absolute Gasteiger partial charge is 0.296 e. The lowest BCUT2D eigenvalue weighted by Crippen LogP contribution is -2.28. The van der Waals surface area contributed by atoms with Gasteiger partial charge in [-0.1, -0.05) is 12.1 Å². The van der Waals surface area contributed by atoms with Gasteiger partial charge in [-0.15, -0.1) is 11.8 Å². The third-order valence-corrected chi connectivity index (χ3v) is 3.37. The van der Waals surface area contributed by atoms with Gasteiger partial charge in [0.2, 0.25) is 5.91 Å². The van der Waals surface area contributed by atoms with Gasteiger partial charge in [0.15, 0.2) is 0 Å². The van der Waals surface area contributed by atoms with Crippen LogP contribution in [0.1, 0.15) is 26.7 Å². The van der Waals surface area contributed by atoms with Crippen molar-refractivity contribution in [3.05, 3.63) is 0 Å². The van der Waals surface area contributed by atoms with Crippen LogP contribution in [0.25, 0.3) is 0 Å². The van der Waals surface area contributed by atoms with Crippen LogP contribution in [0.4, 0.5) is 4.79 Å². The van der Waals surface area contributed by atoms with Gasteiger partial charge in [0.1, 0.15) is 5.04 Å². The number of carbonyl (C=O) groups is 2. The standard InChI is InChI=1S/C10H19N3O3S2/c1-6-7-9(14)12(3)18-13(4)10(15)16-11-8(2)17-5/h6-7H2,1-5H3/b11-8+. The lowest BCUT2D eigenvalue weighted by molar-refractivity contribution is -0.125. The largest absolute Gasteiger partial charge is 0.447 e. The Morgan fingerprint density at radius 1 is 1.28 bits per heavy atom. The maximum atomic E-state index is 11.5. The molecule has 0 bridgehead atoms. The zero-order chi connectivity index (χ0) is 14.1. The van der Waals surface area contributed by atoms with E-state index in [4.69, 9.17) is 4.84 Å². The van der Waals surface area contributed by atoms with Crippen LogP contribution in [0.2, 0.25) is 0 Å². The van der Waals surface area contributed by atoms with Crippen molar-refractivity contribution in [2.24, 2.45) is 5.16 Å². The SMILES string of the molecule is CCCC(=O)N(C)SN(C)C(=O)O/N=C(\C)SC. The summed E-state index contributed by atoms with van der Waals surface area (Å²) in [5, 5.41) is 4.27. The molecule has 6 nitrogen and oxygen atoms in total. The molecule has 18 heavy (non-hydrogen) atoms. The maximum absolute atomic E-state index is 11.5. The van der Waals surface area contributed by atoms with Gasteiger partial charge < -0.3 is 0 Å². The minimum atomic E-state index is -0.621. The van der Waals surface area contributed by atoms with Gasteiger partial charge in [-0.3, -0.25) is 13.9 Å². The first-order valence-electron chi connectivity index (χ1n) is 5.40. The van der Waals surface area contributed by atoms with Crippen molar-refractivity contribution in [2.45, 2.75) is 26.7 Å². The van der Waals surface area contributed by atoms with E-state index < -0.39 is 6.09 Å². The molecule has 0 rings (SSSR count). The molecule has 0 N–H and O–H groups in total. The molecule has 0 aromatic carbocycles. The van der Waals surface area contributed by atoms with E-state index in [-0.39, 0.29) is 5.91 Å². The number of nitrogens with zero attached hydrogens (tertiary/aromatic N) is 3. The van der Waals surface area contributed by atoms with E-state index in [0.29, 0.717) is 11.5 Å². The average molecular weight is 293 g/mol. The summed E-state index contributed by atoms with van der Waals surface area (Å²) in [4.78, 5) is 27.7. The highest BCUT2D eigenvalue weighted by Crippen LogP contribution is 2.15. The Kier molecular flexibility index (Phi) is 8.65. The van der Waals surface area contributed by atoms with E-state index in [9.17, 15) is 9.59 Å². The van der Waals surface area contributed by atoms with Gasteiger partial charge in [0.25, 0.3) is 0 Å². The second kappa shape index (κ2) is 9.09. The van der Waals surface area contributed by atoms with Crippen molar-refractivity contribution in [2.75, 3.05) is 20.4 Å². The Labute approximate surface area is 116 Å². The minimum Gasteiger partial charge on any atom is -0.296 e. The van der Waals surface area contributed by atoms with Gasteiger partial charge in [-0.25, -0.2) is 9.10 Å². The topological polar surface area (TPSA) is 62.2 Å². The van der Waals surface area contributed by atoms with Gasteiger partial charge in [0, 0.05) is 20.5 Å². The molecule has 0 saturated heterocycles. The van der Waals surface area contributed by atoms with E-state index in [0.717, 1.165) is 18.6 Å². The lowest BCUT2D eigenvalue weighted by Gasteiger charge is -2.20. The molecule has 8 heteroatoms. The number of hydrogen-bond acceptors (Lipinski definition) is 6. The molecule has 0 aliphatic carbocycles. The second-order valence-electron chi connectivity index (χ2n) is 3.39. The number of rotatable bonds is 5. The number of amides is 2. The van der Waals surface area contributed by atoms with Gasteiger partial charge in [0.05, 0.1) is 12.1 Å². The first kappa shape index (κ1) is 17.1. The molecule has 0 aromatic heterocycles. The molecular weight excluding hydrogens is 274 g/mol. The van der Waals surface area contributed by atoms with E-state index in [1.54, 1.807) is 14.0 Å². The molecule has 0 fully saturated rings. The zero-order valence-corrected chi connectivity index (χ0v) is 12.9. The van der Waals surface area contributed by atoms with Crippen LogP contribution in [-0.2, 0) is 9.63 Å². The minimum absolute atomic E-state index is 0.0362. The predicted octanol–water partition coefficient (Wildman–Crippen LogP) is 2.57. The van der Waals surface area contributed by atoms with Crippen molar-refractivity contribution in [1.82, 2.24) is 8.61 Å². The molecule has 0 aliphatic heterocycles. The van der Waals surface area contributed by atoms with Crippen LogP contribution in [0, 0.1) is 0 Å². The van der Waals surface area contributed by atoms with Crippen LogP contribution >= 0.6 is 23.9 Å². The third kappa shape index (κ3) is 6.75. The molecule has 0 aromatic rings. The van der Waals surface area contributed by atoms with Gasteiger partial charge >= 0.3 is 6.09 Å². The van der Waals surface area contributed by atoms with Crippen LogP contribution in [-0.4, -0.2) is 46.0 Å². The van der Waals surface area contributed by atoms with Gasteiger partial charge in [-0.05, 0) is 19.6 Å². The van der Waals surface area contributed by atoms with Crippen LogP contribution in [0.5, 0.6) is 0 Å². The highest BCUT2D eigenvalue weighted by Gasteiger charge is 2.17. The summed E-state index contributed by atoms with van der Waals surface area (Å²) in [5.41, 5.74) is 0. The van der Waals surface area contributed by atoms with Crippen LogP contribution < -0.4 is 0 Å². The summed E-state index contributed by atoms with van der Waals surface area (Å²) in [6, 6.07) is 0. The Balaban J connectivity index is 4.19. The van der Waals surface area contributed by atoms with E-state index in [1.165, 1.54) is 27.4 Å². The molecule has 0 radical (unpaired) electrons. The summed E-state index contributed by atoms with van der Waals surface area (Å²) in [7, 11) is 3.13. The molecule has 0 aliphatic rings. The number of hydrogen-bond donors (Lipinski definition) is 0. The molecule has 0 unspecified atom stereocenters. The molecule has 0 heterocycles. The number of carbonyl (C=O) groups excluding carboxylic acids is 2. The van der Waals surface area contributed by atoms with Crippen molar-refractivity contribution in [1.29, 1.82) is 0 Å². The fourth-order valence-electron chi connectivity index (χ4n) is 0.832. The number of oxime groups is 1. The Bertz CT molecular complexity index is 323. The number of thioether (sulfide) groups is 1. The normalized spacial score (nSPS) is 11.1. The predicted molar refractivity (Wildman–Crippen MR) is 76.1 cm³/mol. The monoisotopic (exact) mass is 293 g/mol. The van der Waals surface area contributed by atoms with E-state index in [1.807, 2.05) is 13.2 Å². The van der Waals surface area contributed by atoms with Crippen LogP contribution in [0.3, 0.4) is 0 Å². The van der Waals surface area contributed by atoms with Crippen molar-refractivity contribution < 1.29 is 14.4 Å². The quantitative estimate of drug-likeness (QED) is 0.256. The molecule has 0 saturated carbocycles. The second-order valence-corrected chi connectivity index (χ2v) is 5.65. The summed E-state index contributed by atoms with van der Waals surface area (Å²) in [6.07, 6.45) is 2.44. The average Bonchev–Trinajstić information content (AvgIpc) is 2.35. The first-order chi connectivity index (χ1) is 8.42. The Morgan fingerprint density at radius 2 is 1.89 bits per heavy atom. The molecule has 104 valence electrons. The Hall–Kier alpha value is -0.890. The molecular formula is C10H19N3O3S2. The fourth-order valence-corrected chi connectivity index (χ4v) is 1.59.